The highest BCUT2D eigenvalue weighted by Crippen LogP contribution is 2.49. The average Bonchev–Trinajstić information content (AvgIpc) is 3.58. The molecule has 3 aromatic carbocycles. The van der Waals surface area contributed by atoms with Gasteiger partial charge in [-0.15, -0.1) is 0 Å². The molecule has 4 N–H and O–H groups in total. The molecule has 7 rings (SSSR count). The van der Waals surface area contributed by atoms with E-state index < -0.39 is 117 Å². The molecule has 16 nitrogen and oxygen atoms in total. The number of hydrogen-bond acceptors (Lipinski definition) is 15. The van der Waals surface area contributed by atoms with Crippen LogP contribution in [0.15, 0.2) is 96.1 Å². The molecule has 0 spiro atoms. The van der Waals surface area contributed by atoms with E-state index in [1.54, 1.807) is 64.1 Å². The fraction of sp³-hybridized carbons (Fsp3) is 0.385. The molecule has 0 saturated heterocycles. The number of allylic oxidation sites excluding steroid dienone is 4. The fourth-order valence-electron chi connectivity index (χ4n) is 8.58. The standard InChI is InChI=1S/C52H58N2O14/c1-25-15-19-34(20-16-25)53-40-41-45(59)38-37(44(40)58)39-48(31(7)47(38)67-51(62)33-17-21-35(63-10)22-18-33)68-52(9,49(39)60)65-24-23-36(64-11)28(4)46(66-32(8)55)30(6)43(57)29(5)42(56)26(2)13-12-14-27(3)50(61)54-41/h12-24,26,28-30,36,42-43,46,53,56-57H,1-11H3,(H,54,61). The number of fused-ring (bicyclic) bond motifs is 14. The number of Topliss-reactive ketones (excluding diaryl/α,β-unsaturated/α-hetero) is 3. The second-order valence-electron chi connectivity index (χ2n) is 17.6. The number of hydrogen-bond donors (Lipinski definition) is 4. The van der Waals surface area contributed by atoms with E-state index in [2.05, 4.69) is 10.6 Å². The van der Waals surface area contributed by atoms with Crippen LogP contribution >= 0.6 is 0 Å². The molecule has 3 aromatic rings. The summed E-state index contributed by atoms with van der Waals surface area (Å²) in [5, 5.41) is 28.7. The van der Waals surface area contributed by atoms with Gasteiger partial charge in [0.05, 0.1) is 53.9 Å². The van der Waals surface area contributed by atoms with Gasteiger partial charge < -0.3 is 49.3 Å². The summed E-state index contributed by atoms with van der Waals surface area (Å²) in [7, 11) is 2.87. The largest absolute Gasteiger partial charge is 0.497 e. The molecule has 0 saturated carbocycles. The maximum Gasteiger partial charge on any atom is 0.343 e. The number of carbonyl (C=O) groups is 6. The minimum atomic E-state index is -2.19. The molecule has 16 heteroatoms. The first-order valence-corrected chi connectivity index (χ1v) is 22.2. The van der Waals surface area contributed by atoms with Crippen molar-refractivity contribution in [2.75, 3.05) is 19.5 Å². The lowest BCUT2D eigenvalue weighted by Gasteiger charge is -2.38. The van der Waals surface area contributed by atoms with E-state index in [1.807, 2.05) is 6.92 Å². The predicted molar refractivity (Wildman–Crippen MR) is 249 cm³/mol. The monoisotopic (exact) mass is 934 g/mol. The van der Waals surface area contributed by atoms with Crippen LogP contribution in [0, 0.1) is 37.5 Å². The summed E-state index contributed by atoms with van der Waals surface area (Å²) in [6, 6.07) is 12.8. The average molecular weight is 935 g/mol. The Balaban J connectivity index is 1.57. The van der Waals surface area contributed by atoms with Crippen molar-refractivity contribution in [3.05, 3.63) is 129 Å². The Kier molecular flexibility index (Phi) is 15.3. The number of nitrogens with one attached hydrogen (secondary N) is 2. The minimum absolute atomic E-state index is 0.00975. The van der Waals surface area contributed by atoms with Crippen molar-refractivity contribution in [2.45, 2.75) is 92.5 Å². The molecule has 9 unspecified atom stereocenters. The zero-order chi connectivity index (χ0) is 49.9. The first-order valence-electron chi connectivity index (χ1n) is 22.2. The van der Waals surface area contributed by atoms with E-state index in [0.717, 1.165) is 11.8 Å². The Morgan fingerprint density at radius 1 is 0.809 bits per heavy atom. The zero-order valence-corrected chi connectivity index (χ0v) is 39.9. The van der Waals surface area contributed by atoms with Gasteiger partial charge in [0.2, 0.25) is 11.6 Å². The number of aliphatic hydroxyl groups is 2. The van der Waals surface area contributed by atoms with E-state index in [0.29, 0.717) is 11.4 Å². The second-order valence-corrected chi connectivity index (χ2v) is 17.6. The topological polar surface area (TPSA) is 222 Å². The number of methoxy groups -OCH3 is 2. The number of ether oxygens (including phenoxy) is 6. The van der Waals surface area contributed by atoms with Crippen molar-refractivity contribution >= 4 is 40.9 Å². The number of ketones is 3. The van der Waals surface area contributed by atoms with Crippen molar-refractivity contribution in [1.29, 1.82) is 0 Å². The van der Waals surface area contributed by atoms with E-state index in [1.165, 1.54) is 78.3 Å². The van der Waals surface area contributed by atoms with Crippen molar-refractivity contribution in [2.24, 2.45) is 23.7 Å². The Hall–Kier alpha value is -6.88. The first-order chi connectivity index (χ1) is 32.1. The summed E-state index contributed by atoms with van der Waals surface area (Å²) < 4.78 is 35.2. The Morgan fingerprint density at radius 2 is 1.47 bits per heavy atom. The van der Waals surface area contributed by atoms with Crippen LogP contribution in [0.5, 0.6) is 17.2 Å². The third kappa shape index (κ3) is 10.0. The van der Waals surface area contributed by atoms with E-state index in [9.17, 15) is 29.4 Å². The molecule has 0 fully saturated rings. The summed E-state index contributed by atoms with van der Waals surface area (Å²) in [6.45, 7) is 14.2. The van der Waals surface area contributed by atoms with Gasteiger partial charge >= 0.3 is 17.7 Å². The maximum atomic E-state index is 15.2. The zero-order valence-electron chi connectivity index (χ0n) is 39.9. The van der Waals surface area contributed by atoms with Crippen molar-refractivity contribution in [3.8, 4) is 17.2 Å². The van der Waals surface area contributed by atoms with Gasteiger partial charge in [-0.25, -0.2) is 4.79 Å². The number of amides is 1. The van der Waals surface area contributed by atoms with Gasteiger partial charge in [0.15, 0.2) is 0 Å². The second kappa shape index (κ2) is 20.6. The lowest BCUT2D eigenvalue weighted by atomic mass is 9.78. The molecular formula is C52H58N2O14. The van der Waals surface area contributed by atoms with E-state index in [4.69, 9.17) is 28.4 Å². The lowest BCUT2D eigenvalue weighted by Crippen LogP contribution is -2.46. The third-order valence-electron chi connectivity index (χ3n) is 12.8. The number of esters is 2. The lowest BCUT2D eigenvalue weighted by molar-refractivity contribution is -0.160. The number of aryl methyl sites for hydroxylation is 1. The van der Waals surface area contributed by atoms with Crippen LogP contribution in [0.1, 0.15) is 101 Å². The quantitative estimate of drug-likeness (QED) is 0.140. The molecule has 4 aliphatic rings. The number of carbonyl (C=O) groups excluding carboxylic acids is 6. The van der Waals surface area contributed by atoms with Crippen LogP contribution in [0.3, 0.4) is 0 Å². The summed E-state index contributed by atoms with van der Waals surface area (Å²) >= 11 is 0. The van der Waals surface area contributed by atoms with Crippen LogP contribution in [0.4, 0.5) is 5.69 Å². The van der Waals surface area contributed by atoms with Gasteiger partial charge in [-0.3, -0.25) is 24.0 Å². The smallest absolute Gasteiger partial charge is 0.343 e. The molecule has 3 heterocycles. The van der Waals surface area contributed by atoms with Crippen molar-refractivity contribution < 1.29 is 67.4 Å². The van der Waals surface area contributed by atoms with Gasteiger partial charge in [-0.1, -0.05) is 63.6 Å². The van der Waals surface area contributed by atoms with E-state index in [-0.39, 0.29) is 28.0 Å². The van der Waals surface area contributed by atoms with Crippen molar-refractivity contribution in [1.82, 2.24) is 5.32 Å². The minimum Gasteiger partial charge on any atom is -0.497 e. The highest BCUT2D eigenvalue weighted by atomic mass is 16.7. The van der Waals surface area contributed by atoms with Gasteiger partial charge in [-0.2, -0.15) is 0 Å². The normalized spacial score (nSPS) is 26.6. The Labute approximate surface area is 395 Å². The molecular weight excluding hydrogens is 877 g/mol. The van der Waals surface area contributed by atoms with Crippen molar-refractivity contribution in [3.63, 3.8) is 0 Å². The SMILES string of the molecule is COc1ccc(C(=O)Oc2c(C)c3c4c5c2C(=O)C(=C(Nc2ccc(C)cc2)C5=O)NC(=O)C(C)=CC=CC(C)C(O)C(C)C(O)C(C)C(OC(C)=O)C(C)C(OC)C=COC(C)(O3)C4=O)cc1. The molecule has 360 valence electrons. The van der Waals surface area contributed by atoms with Crippen LogP contribution in [0.25, 0.3) is 0 Å². The number of aliphatic hydroxyl groups excluding tert-OH is 2. The van der Waals surface area contributed by atoms with Crippen LogP contribution in [-0.2, 0) is 23.8 Å². The molecule has 0 aromatic heterocycles. The first kappa shape index (κ1) is 50.5. The fourth-order valence-corrected chi connectivity index (χ4v) is 8.58. The third-order valence-corrected chi connectivity index (χ3v) is 12.8. The summed E-state index contributed by atoms with van der Waals surface area (Å²) in [6.07, 6.45) is 3.17. The highest BCUT2D eigenvalue weighted by molar-refractivity contribution is 6.33. The van der Waals surface area contributed by atoms with Gasteiger partial charge in [0.25, 0.3) is 11.7 Å². The van der Waals surface area contributed by atoms with Gasteiger partial charge in [0, 0.05) is 61.5 Å². The number of rotatable bonds is 7. The molecule has 5 bridgehead atoms. The highest BCUT2D eigenvalue weighted by Gasteiger charge is 2.53. The van der Waals surface area contributed by atoms with Crippen LogP contribution < -0.4 is 24.8 Å². The number of benzene rings is 3. The molecule has 9 atom stereocenters. The summed E-state index contributed by atoms with van der Waals surface area (Å²) in [5.74, 6) is -10.1. The summed E-state index contributed by atoms with van der Waals surface area (Å²) in [4.78, 5) is 85.7. The van der Waals surface area contributed by atoms with Gasteiger partial charge in [0.1, 0.15) is 34.7 Å². The van der Waals surface area contributed by atoms with Crippen LogP contribution in [0.2, 0.25) is 0 Å². The molecule has 1 aliphatic carbocycles. The number of anilines is 1. The maximum absolute atomic E-state index is 15.2. The molecule has 68 heavy (non-hydrogen) atoms. The van der Waals surface area contributed by atoms with Gasteiger partial charge in [-0.05, 0) is 63.2 Å². The van der Waals surface area contributed by atoms with E-state index >= 15 is 9.59 Å². The summed E-state index contributed by atoms with van der Waals surface area (Å²) in [5.41, 5.74) is -0.790. The molecule has 1 amide bonds. The Bertz CT molecular complexity index is 2630. The molecule has 3 aliphatic heterocycles. The van der Waals surface area contributed by atoms with Crippen LogP contribution in [-0.4, -0.2) is 89.8 Å². The predicted octanol–water partition coefficient (Wildman–Crippen LogP) is 6.90. The molecule has 0 radical (unpaired) electrons. The Morgan fingerprint density at radius 3 is 2.09 bits per heavy atom.